The molecule has 178 valence electrons. The Morgan fingerprint density at radius 3 is 2.24 bits per heavy atom. The number of methoxy groups -OCH3 is 2. The van der Waals surface area contributed by atoms with Crippen LogP contribution in [0.5, 0.6) is 0 Å². The minimum absolute atomic E-state index is 0.0775. The van der Waals surface area contributed by atoms with E-state index < -0.39 is 47.6 Å². The molecule has 0 saturated carbocycles. The van der Waals surface area contributed by atoms with Crippen LogP contribution in [-0.2, 0) is 55.7 Å². The summed E-state index contributed by atoms with van der Waals surface area (Å²) >= 11 is 0. The van der Waals surface area contributed by atoms with Crippen LogP contribution in [0.1, 0.15) is 42.2 Å². The van der Waals surface area contributed by atoms with E-state index in [2.05, 4.69) is 0 Å². The van der Waals surface area contributed by atoms with Crippen molar-refractivity contribution in [3.63, 3.8) is 0 Å². The summed E-state index contributed by atoms with van der Waals surface area (Å²) in [5, 5.41) is 0. The van der Waals surface area contributed by atoms with Crippen LogP contribution in [0.4, 0.5) is 0 Å². The van der Waals surface area contributed by atoms with Crippen molar-refractivity contribution < 1.29 is 42.9 Å². The Morgan fingerprint density at radius 1 is 1.00 bits per heavy atom. The summed E-state index contributed by atoms with van der Waals surface area (Å²) in [6, 6.07) is 3.81. The van der Waals surface area contributed by atoms with Crippen LogP contribution in [0.3, 0.4) is 0 Å². The lowest BCUT2D eigenvalue weighted by atomic mass is 9.84. The third-order valence-corrected chi connectivity index (χ3v) is 5.96. The van der Waals surface area contributed by atoms with E-state index in [1.807, 2.05) is 19.1 Å². The van der Waals surface area contributed by atoms with Gasteiger partial charge in [0.05, 0.1) is 14.2 Å². The molecule has 0 amide bonds. The van der Waals surface area contributed by atoms with Gasteiger partial charge in [-0.3, -0.25) is 19.2 Å². The fourth-order valence-electron chi connectivity index (χ4n) is 4.42. The number of hydrogen-bond acceptors (Lipinski definition) is 9. The van der Waals surface area contributed by atoms with Gasteiger partial charge in [-0.1, -0.05) is 18.2 Å². The Kier molecular flexibility index (Phi) is 7.22. The van der Waals surface area contributed by atoms with E-state index in [0.717, 1.165) is 22.3 Å². The monoisotopic (exact) mass is 460 g/mol. The molecule has 0 radical (unpaired) electrons. The summed E-state index contributed by atoms with van der Waals surface area (Å²) in [6.07, 6.45) is 1.93. The first kappa shape index (κ1) is 24.4. The van der Waals surface area contributed by atoms with Crippen LogP contribution < -0.4 is 0 Å². The first-order valence-corrected chi connectivity index (χ1v) is 10.5. The van der Waals surface area contributed by atoms with Crippen molar-refractivity contribution in [2.75, 3.05) is 20.8 Å². The molecule has 0 N–H and O–H groups in total. The molecule has 0 spiro atoms. The molecule has 0 saturated heterocycles. The molecule has 0 unspecified atom stereocenters. The van der Waals surface area contributed by atoms with Crippen LogP contribution in [0.15, 0.2) is 24.3 Å². The maximum Gasteiger partial charge on any atom is 0.323 e. The third-order valence-electron chi connectivity index (χ3n) is 5.96. The number of hydrogen-bond donors (Lipinski definition) is 0. The summed E-state index contributed by atoms with van der Waals surface area (Å²) < 4.78 is 26.3. The number of aryl methyl sites for hydroxylation is 1. The molecule has 1 aliphatic heterocycles. The molecule has 1 aromatic rings. The highest BCUT2D eigenvalue weighted by molar-refractivity contribution is 6.01. The van der Waals surface area contributed by atoms with Crippen molar-refractivity contribution in [3.05, 3.63) is 46.5 Å². The van der Waals surface area contributed by atoms with E-state index in [9.17, 15) is 19.2 Å². The average molecular weight is 460 g/mol. The second kappa shape index (κ2) is 9.74. The average Bonchev–Trinajstić information content (AvgIpc) is 3.18. The topological polar surface area (TPSA) is 114 Å². The van der Waals surface area contributed by atoms with Gasteiger partial charge in [0.1, 0.15) is 24.9 Å². The maximum atomic E-state index is 12.6. The van der Waals surface area contributed by atoms with Gasteiger partial charge < -0.3 is 23.7 Å². The Morgan fingerprint density at radius 2 is 1.67 bits per heavy atom. The molecular formula is C24H28O9. The predicted octanol–water partition coefficient (Wildman–Crippen LogP) is 1.92. The van der Waals surface area contributed by atoms with Crippen LogP contribution in [0, 0.1) is 12.3 Å². The molecular weight excluding hydrogens is 432 g/mol. The second-order valence-corrected chi connectivity index (χ2v) is 8.25. The van der Waals surface area contributed by atoms with Crippen LogP contribution in [-0.4, -0.2) is 56.9 Å². The Labute approximate surface area is 192 Å². The van der Waals surface area contributed by atoms with Crippen molar-refractivity contribution in [2.24, 2.45) is 5.41 Å². The Hall–Kier alpha value is -3.20. The predicted molar refractivity (Wildman–Crippen MR) is 114 cm³/mol. The molecule has 3 atom stereocenters. The molecule has 3 rings (SSSR count). The normalized spacial score (nSPS) is 22.8. The quantitative estimate of drug-likeness (QED) is 0.272. The van der Waals surface area contributed by atoms with Crippen LogP contribution in [0.2, 0.25) is 0 Å². The van der Waals surface area contributed by atoms with Gasteiger partial charge in [-0.2, -0.15) is 0 Å². The number of carbonyl (C=O) groups excluding carboxylic acids is 4. The van der Waals surface area contributed by atoms with Gasteiger partial charge in [0.2, 0.25) is 0 Å². The number of carbonyl (C=O) groups is 4. The highest BCUT2D eigenvalue weighted by atomic mass is 16.6. The lowest BCUT2D eigenvalue weighted by Gasteiger charge is -2.32. The Bertz CT molecular complexity index is 978. The van der Waals surface area contributed by atoms with E-state index in [1.54, 1.807) is 12.2 Å². The molecule has 0 aromatic heterocycles. The molecule has 9 heteroatoms. The van der Waals surface area contributed by atoms with Gasteiger partial charge >= 0.3 is 23.9 Å². The maximum absolute atomic E-state index is 12.6. The highest BCUT2D eigenvalue weighted by Gasteiger charge is 2.53. The van der Waals surface area contributed by atoms with Gasteiger partial charge in [0.25, 0.3) is 0 Å². The number of rotatable bonds is 6. The van der Waals surface area contributed by atoms with Crippen molar-refractivity contribution in [2.45, 2.75) is 51.9 Å². The van der Waals surface area contributed by atoms with E-state index in [-0.39, 0.29) is 19.4 Å². The molecule has 1 aromatic carbocycles. The molecule has 9 nitrogen and oxygen atoms in total. The fourth-order valence-corrected chi connectivity index (χ4v) is 4.42. The first-order chi connectivity index (χ1) is 15.6. The smallest absolute Gasteiger partial charge is 0.323 e. The summed E-state index contributed by atoms with van der Waals surface area (Å²) in [7, 11) is 2.50. The lowest BCUT2D eigenvalue weighted by Crippen LogP contribution is -2.42. The van der Waals surface area contributed by atoms with E-state index in [1.165, 1.54) is 28.1 Å². The van der Waals surface area contributed by atoms with Gasteiger partial charge in [-0.05, 0) is 41.7 Å². The molecule has 1 heterocycles. The molecule has 33 heavy (non-hydrogen) atoms. The molecule has 0 bridgehead atoms. The van der Waals surface area contributed by atoms with Crippen molar-refractivity contribution >= 4 is 23.9 Å². The minimum atomic E-state index is -1.42. The third kappa shape index (κ3) is 4.93. The van der Waals surface area contributed by atoms with Gasteiger partial charge in [0.15, 0.2) is 5.41 Å². The number of fused-ring (bicyclic) bond motifs is 1. The van der Waals surface area contributed by atoms with Crippen molar-refractivity contribution in [1.29, 1.82) is 0 Å². The standard InChI is InChI=1S/C24H28O9/c1-13-8-16(9-17-10-24(11-18(13)17,22(27)29-4)23(28)30-5)19-6-7-20(32-15(3)26)21(33-19)12-31-14(2)25/h6-9,19-21H,10-12H2,1-5H3/t19-,20-,21+/m0/s1. The highest BCUT2D eigenvalue weighted by Crippen LogP contribution is 2.42. The summed E-state index contributed by atoms with van der Waals surface area (Å²) in [5.74, 6) is -2.21. The van der Waals surface area contributed by atoms with Gasteiger partial charge in [-0.15, -0.1) is 0 Å². The summed E-state index contributed by atoms with van der Waals surface area (Å²) in [5.41, 5.74) is 1.99. The largest absolute Gasteiger partial charge is 0.468 e. The molecule has 2 aliphatic rings. The first-order valence-electron chi connectivity index (χ1n) is 10.5. The van der Waals surface area contributed by atoms with Crippen molar-refractivity contribution in [1.82, 2.24) is 0 Å². The van der Waals surface area contributed by atoms with Gasteiger partial charge in [-0.25, -0.2) is 0 Å². The minimum Gasteiger partial charge on any atom is -0.468 e. The zero-order valence-corrected chi connectivity index (χ0v) is 19.3. The number of esters is 4. The lowest BCUT2D eigenvalue weighted by molar-refractivity contribution is -0.168. The Balaban J connectivity index is 1.91. The zero-order valence-electron chi connectivity index (χ0n) is 19.3. The van der Waals surface area contributed by atoms with Crippen LogP contribution >= 0.6 is 0 Å². The number of benzene rings is 1. The van der Waals surface area contributed by atoms with E-state index in [0.29, 0.717) is 0 Å². The molecule has 1 aliphatic carbocycles. The van der Waals surface area contributed by atoms with Crippen molar-refractivity contribution in [3.8, 4) is 0 Å². The number of ether oxygens (including phenoxy) is 5. The fraction of sp³-hybridized carbons (Fsp3) is 0.500. The van der Waals surface area contributed by atoms with E-state index in [4.69, 9.17) is 23.7 Å². The SMILES string of the molecule is COC(=O)C1(C(=O)OC)Cc2cc([C@@H]3C=C[C@H](OC(C)=O)[C@@H](COC(C)=O)O3)cc(C)c2C1. The van der Waals surface area contributed by atoms with E-state index >= 15 is 0 Å². The summed E-state index contributed by atoms with van der Waals surface area (Å²) in [6.45, 7) is 4.40. The van der Waals surface area contributed by atoms with Gasteiger partial charge in [0, 0.05) is 20.3 Å². The zero-order chi connectivity index (χ0) is 24.3. The van der Waals surface area contributed by atoms with Crippen LogP contribution in [0.25, 0.3) is 0 Å². The summed E-state index contributed by atoms with van der Waals surface area (Å²) in [4.78, 5) is 47.8. The molecule has 0 fully saturated rings. The second-order valence-electron chi connectivity index (χ2n) is 8.25.